The molecule has 2 amide bonds. The summed E-state index contributed by atoms with van der Waals surface area (Å²) < 4.78 is 43.2. The molecular weight excluding hydrogens is 843 g/mol. The van der Waals surface area contributed by atoms with Gasteiger partial charge in [0.05, 0.1) is 36.7 Å². The van der Waals surface area contributed by atoms with E-state index in [2.05, 4.69) is 43.1 Å². The maximum Gasteiger partial charge on any atom is 0.257 e. The van der Waals surface area contributed by atoms with Crippen LogP contribution in [0.1, 0.15) is 54.3 Å². The molecule has 1 aromatic heterocycles. The SMILES string of the molecule is C=Nc1c(F)cc(-c2nc(Nc3ccc(N(C)SONCCOCCNc4cccc(C=O)c4C(=O)N(C)C(C=O)CCC(=O)NC)cc3)ncc2F)cc1N(CC)C(C)C.S. The summed E-state index contributed by atoms with van der Waals surface area (Å²) in [4.78, 5) is 64.2. The summed E-state index contributed by atoms with van der Waals surface area (Å²) in [6.45, 7) is 11.2. The molecule has 0 aliphatic carbocycles. The van der Waals surface area contributed by atoms with Crippen LogP contribution in [-0.4, -0.2) is 112 Å². The number of carbonyl (C=O) groups is 4. The number of rotatable bonds is 25. The third-order valence-corrected chi connectivity index (χ3v) is 10.1. The van der Waals surface area contributed by atoms with Gasteiger partial charge in [0.2, 0.25) is 11.9 Å². The van der Waals surface area contributed by atoms with Crippen molar-refractivity contribution in [3.63, 3.8) is 0 Å². The maximum atomic E-state index is 15.2. The van der Waals surface area contributed by atoms with E-state index in [4.69, 9.17) is 9.02 Å². The van der Waals surface area contributed by atoms with Gasteiger partial charge >= 0.3 is 0 Å². The van der Waals surface area contributed by atoms with Crippen molar-refractivity contribution < 1.29 is 37.0 Å². The number of hydrogen-bond acceptors (Lipinski definition) is 15. The molecule has 16 nitrogen and oxygen atoms in total. The summed E-state index contributed by atoms with van der Waals surface area (Å²) in [5.74, 6) is -2.00. The van der Waals surface area contributed by atoms with Crippen molar-refractivity contribution in [2.75, 3.05) is 73.8 Å². The Morgan fingerprint density at radius 1 is 1.03 bits per heavy atom. The molecule has 4 rings (SSSR count). The number of aromatic nitrogens is 2. The van der Waals surface area contributed by atoms with E-state index in [9.17, 15) is 19.2 Å². The number of hydrogen-bond donors (Lipinski definition) is 4. The van der Waals surface area contributed by atoms with Crippen LogP contribution in [-0.2, 0) is 18.6 Å². The summed E-state index contributed by atoms with van der Waals surface area (Å²) in [5, 5.41) is 8.69. The molecule has 0 aliphatic rings. The minimum atomic E-state index is -0.853. The standard InChI is InChI=1S/C42H52F2N10O6S.H2S/c1-8-54(27(2)3)36-23-29(22-33(43)40(36)46-5)39-34(44)24-48-42(51-39)50-30-12-14-31(15-13-30)53(7)61-60-49-19-21-59-20-18-47-35-11-9-10-28(25-55)38(35)41(58)52(6)32(26-56)16-17-37(57)45-4;/h9-15,22-27,32,47,49H,5,8,16-21H2,1-4,6-7H3,(H,45,57)(H,48,50,51);1H2. The van der Waals surface area contributed by atoms with Crippen molar-refractivity contribution in [1.29, 1.82) is 0 Å². The first-order chi connectivity index (χ1) is 29.4. The highest BCUT2D eigenvalue weighted by Gasteiger charge is 2.26. The van der Waals surface area contributed by atoms with Gasteiger partial charge in [-0.15, -0.1) is 0 Å². The first-order valence-corrected chi connectivity index (χ1v) is 20.2. The highest BCUT2D eigenvalue weighted by atomic mass is 32.2. The van der Waals surface area contributed by atoms with E-state index in [0.29, 0.717) is 55.9 Å². The molecule has 20 heteroatoms. The highest BCUT2D eigenvalue weighted by Crippen LogP contribution is 2.37. The van der Waals surface area contributed by atoms with Gasteiger partial charge in [0.25, 0.3) is 5.91 Å². The summed E-state index contributed by atoms with van der Waals surface area (Å²) in [5.41, 5.74) is 5.69. The Bertz CT molecular complexity index is 2140. The Morgan fingerprint density at radius 3 is 2.40 bits per heavy atom. The zero-order valence-corrected chi connectivity index (χ0v) is 37.4. The van der Waals surface area contributed by atoms with Gasteiger partial charge in [-0.2, -0.15) is 19.0 Å². The molecule has 4 N–H and O–H groups in total. The van der Waals surface area contributed by atoms with Gasteiger partial charge in [-0.3, -0.25) is 23.7 Å². The molecular formula is C42H54F2N10O6S2. The molecule has 0 radical (unpaired) electrons. The van der Waals surface area contributed by atoms with E-state index < -0.39 is 23.6 Å². The lowest BCUT2D eigenvalue weighted by Crippen LogP contribution is -2.39. The van der Waals surface area contributed by atoms with Gasteiger partial charge in [-0.05, 0) is 76.4 Å². The average molecular weight is 897 g/mol. The molecule has 1 heterocycles. The van der Waals surface area contributed by atoms with Crippen molar-refractivity contribution in [3.05, 3.63) is 83.6 Å². The third kappa shape index (κ3) is 13.7. The van der Waals surface area contributed by atoms with Crippen molar-refractivity contribution in [2.45, 2.75) is 45.7 Å². The second kappa shape index (κ2) is 25.3. The summed E-state index contributed by atoms with van der Waals surface area (Å²) in [6, 6.07) is 14.1. The third-order valence-electron chi connectivity index (χ3n) is 9.46. The van der Waals surface area contributed by atoms with Crippen LogP contribution in [0.15, 0.2) is 65.8 Å². The number of aliphatic imine (C=N–C) groups is 1. The monoisotopic (exact) mass is 896 g/mol. The number of likely N-dealkylation sites (N-methyl/N-ethyl adjacent to an activating group) is 1. The molecule has 1 atom stereocenters. The number of halogens is 2. The number of nitrogens with one attached hydrogen (secondary N) is 4. The van der Waals surface area contributed by atoms with Crippen LogP contribution >= 0.6 is 25.7 Å². The van der Waals surface area contributed by atoms with E-state index in [1.807, 2.05) is 44.9 Å². The van der Waals surface area contributed by atoms with Gasteiger partial charge in [-0.25, -0.2) is 23.0 Å². The molecule has 1 unspecified atom stereocenters. The molecule has 334 valence electrons. The van der Waals surface area contributed by atoms with Crippen LogP contribution in [0.5, 0.6) is 0 Å². The predicted molar refractivity (Wildman–Crippen MR) is 246 cm³/mol. The minimum absolute atomic E-state index is 0. The Balaban J connectivity index is 0.0000102. The zero-order chi connectivity index (χ0) is 44.5. The largest absolute Gasteiger partial charge is 0.382 e. The minimum Gasteiger partial charge on any atom is -0.382 e. The summed E-state index contributed by atoms with van der Waals surface area (Å²) >= 11 is 1.05. The molecule has 3 aromatic carbocycles. The molecule has 4 aromatic rings. The predicted octanol–water partition coefficient (Wildman–Crippen LogP) is 6.47. The fourth-order valence-corrected chi connectivity index (χ4v) is 6.66. The summed E-state index contributed by atoms with van der Waals surface area (Å²) in [7, 11) is 4.76. The molecule has 62 heavy (non-hydrogen) atoms. The van der Waals surface area contributed by atoms with Crippen LogP contribution in [0.3, 0.4) is 0 Å². The van der Waals surface area contributed by atoms with Crippen molar-refractivity contribution in [3.8, 4) is 11.3 Å². The highest BCUT2D eigenvalue weighted by molar-refractivity contribution is 7.96. The Hall–Kier alpha value is -5.67. The van der Waals surface area contributed by atoms with Crippen LogP contribution < -0.4 is 30.6 Å². The number of amides is 2. The number of anilines is 5. The quantitative estimate of drug-likeness (QED) is 0.0142. The van der Waals surface area contributed by atoms with Crippen LogP contribution in [0.2, 0.25) is 0 Å². The molecule has 0 saturated carbocycles. The van der Waals surface area contributed by atoms with Crippen LogP contribution in [0.25, 0.3) is 11.3 Å². The lowest BCUT2D eigenvalue weighted by Gasteiger charge is -2.29. The topological polar surface area (TPSA) is 183 Å². The van der Waals surface area contributed by atoms with Gasteiger partial charge in [-0.1, -0.05) is 12.1 Å². The molecule has 0 fully saturated rings. The smallest absolute Gasteiger partial charge is 0.257 e. The Kier molecular flexibility index (Phi) is 20.7. The van der Waals surface area contributed by atoms with E-state index in [1.165, 1.54) is 31.1 Å². The van der Waals surface area contributed by atoms with Gasteiger partial charge in [0, 0.05) is 81.4 Å². The number of hydroxylamine groups is 1. The zero-order valence-electron chi connectivity index (χ0n) is 35.5. The van der Waals surface area contributed by atoms with Crippen molar-refractivity contribution in [2.24, 2.45) is 4.99 Å². The second-order valence-electron chi connectivity index (χ2n) is 13.7. The lowest BCUT2D eigenvalue weighted by atomic mass is 10.0. The van der Waals surface area contributed by atoms with Gasteiger partial charge in [0.15, 0.2) is 17.9 Å². The normalized spacial score (nSPS) is 11.2. The molecule has 0 saturated heterocycles. The number of carbonyl (C=O) groups excluding carboxylic acids is 4. The number of benzene rings is 3. The first kappa shape index (κ1) is 50.7. The maximum absolute atomic E-state index is 15.2. The Morgan fingerprint density at radius 2 is 1.76 bits per heavy atom. The van der Waals surface area contributed by atoms with E-state index in [0.717, 1.165) is 24.1 Å². The van der Waals surface area contributed by atoms with Crippen LogP contribution in [0, 0.1) is 11.6 Å². The van der Waals surface area contributed by atoms with Gasteiger partial charge in [0.1, 0.15) is 29.9 Å². The fourth-order valence-electron chi connectivity index (χ4n) is 6.20. The molecule has 0 spiro atoms. The number of aldehydes is 2. The first-order valence-electron chi connectivity index (χ1n) is 19.5. The fraction of sp³-hybridized carbons (Fsp3) is 0.357. The number of ether oxygens (including phenoxy) is 1. The van der Waals surface area contributed by atoms with E-state index in [-0.39, 0.29) is 78.9 Å². The number of nitrogens with zero attached hydrogens (tertiary/aromatic N) is 6. The van der Waals surface area contributed by atoms with Crippen molar-refractivity contribution >= 4 is 91.2 Å². The van der Waals surface area contributed by atoms with Gasteiger partial charge < -0.3 is 35.3 Å². The Labute approximate surface area is 372 Å². The average Bonchev–Trinajstić information content (AvgIpc) is 3.26. The van der Waals surface area contributed by atoms with Crippen LogP contribution in [0.4, 0.5) is 43.2 Å². The summed E-state index contributed by atoms with van der Waals surface area (Å²) in [6.07, 6.45) is 2.42. The van der Waals surface area contributed by atoms with Crippen molar-refractivity contribution in [1.82, 2.24) is 25.7 Å². The molecule has 0 bridgehead atoms. The van der Waals surface area contributed by atoms with E-state index >= 15 is 8.78 Å². The lowest BCUT2D eigenvalue weighted by molar-refractivity contribution is -0.121. The second-order valence-corrected chi connectivity index (χ2v) is 14.6. The molecule has 0 aliphatic heterocycles. The van der Waals surface area contributed by atoms with E-state index in [1.54, 1.807) is 34.6 Å².